The van der Waals surface area contributed by atoms with E-state index in [0.29, 0.717) is 5.92 Å². The van der Waals surface area contributed by atoms with Crippen molar-refractivity contribution in [1.82, 2.24) is 0 Å². The summed E-state index contributed by atoms with van der Waals surface area (Å²) in [6.07, 6.45) is 5.83. The minimum absolute atomic E-state index is 0. The molecule has 0 aliphatic heterocycles. The van der Waals surface area contributed by atoms with E-state index in [4.69, 9.17) is 0 Å². The molecule has 0 spiro atoms. The zero-order valence-corrected chi connectivity index (χ0v) is 8.62. The second-order valence-corrected chi connectivity index (χ2v) is 4.68. The van der Waals surface area contributed by atoms with Crippen molar-refractivity contribution in [2.45, 2.75) is 37.9 Å². The summed E-state index contributed by atoms with van der Waals surface area (Å²) < 4.78 is 0. The topological polar surface area (TPSA) is 0 Å². The normalized spacial score (nSPS) is 21.3. The molecule has 1 unspecified atom stereocenters. The maximum Gasteiger partial charge on any atom is 1.00 e. The minimum Gasteiger partial charge on any atom is -0.340 e. The van der Waals surface area contributed by atoms with Crippen LogP contribution in [-0.2, 0) is 0 Å². The van der Waals surface area contributed by atoms with Gasteiger partial charge in [0.05, 0.1) is 0 Å². The van der Waals surface area contributed by atoms with E-state index >= 15 is 0 Å². The first-order chi connectivity index (χ1) is 4.79. The van der Waals surface area contributed by atoms with Crippen LogP contribution in [0.5, 0.6) is 0 Å². The fourth-order valence-electron chi connectivity index (χ4n) is 1.36. The Hall–Kier alpha value is 0.947. The average Bonchev–Trinajstić information content (AvgIpc) is 2.34. The first-order valence-corrected chi connectivity index (χ1v) is 5.28. The van der Waals surface area contributed by atoms with Gasteiger partial charge in [-0.05, 0) is 18.6 Å². The molecular formula is C9H17LiS. The number of rotatable bonds is 3. The number of thioether (sulfide) groups is 1. The molecule has 0 nitrogen and oxygen atoms in total. The summed E-state index contributed by atoms with van der Waals surface area (Å²) in [7, 11) is 0. The van der Waals surface area contributed by atoms with Crippen molar-refractivity contribution < 1.29 is 18.9 Å². The Labute approximate surface area is 87.1 Å². The second-order valence-electron chi connectivity index (χ2n) is 3.34. The van der Waals surface area contributed by atoms with Crippen molar-refractivity contribution in [1.29, 1.82) is 0 Å². The maximum absolute atomic E-state index is 3.98. The van der Waals surface area contributed by atoms with Gasteiger partial charge in [-0.1, -0.05) is 19.8 Å². The molecule has 1 fully saturated rings. The van der Waals surface area contributed by atoms with E-state index in [1.165, 1.54) is 31.4 Å². The fraction of sp³-hybridized carbons (Fsp3) is 0.889. The minimum atomic E-state index is 0. The molecule has 1 atom stereocenters. The van der Waals surface area contributed by atoms with Crippen LogP contribution in [-0.4, -0.2) is 11.0 Å². The fourth-order valence-corrected chi connectivity index (χ4v) is 2.62. The molecule has 60 valence electrons. The largest absolute Gasteiger partial charge is 1.00 e. The van der Waals surface area contributed by atoms with Gasteiger partial charge in [-0.3, -0.25) is 0 Å². The predicted molar refractivity (Wildman–Crippen MR) is 49.2 cm³/mol. The van der Waals surface area contributed by atoms with Gasteiger partial charge in [-0.2, -0.15) is 17.7 Å². The van der Waals surface area contributed by atoms with Gasteiger partial charge in [-0.25, -0.2) is 0 Å². The Morgan fingerprint density at radius 1 is 1.45 bits per heavy atom. The molecule has 0 N–H and O–H groups in total. The van der Waals surface area contributed by atoms with Gasteiger partial charge in [0.2, 0.25) is 0 Å². The Bertz CT molecular complexity index is 87.6. The van der Waals surface area contributed by atoms with E-state index in [2.05, 4.69) is 25.6 Å². The Balaban J connectivity index is 0.000001000. The molecule has 1 aliphatic carbocycles. The van der Waals surface area contributed by atoms with Crippen LogP contribution in [0.3, 0.4) is 0 Å². The van der Waals surface area contributed by atoms with Crippen molar-refractivity contribution in [3.8, 4) is 0 Å². The summed E-state index contributed by atoms with van der Waals surface area (Å²) in [6, 6.07) is 0. The van der Waals surface area contributed by atoms with Gasteiger partial charge in [0.15, 0.2) is 0 Å². The van der Waals surface area contributed by atoms with Crippen LogP contribution < -0.4 is 18.9 Å². The summed E-state index contributed by atoms with van der Waals surface area (Å²) in [4.78, 5) is 0. The molecule has 0 heterocycles. The van der Waals surface area contributed by atoms with E-state index in [9.17, 15) is 0 Å². The summed E-state index contributed by atoms with van der Waals surface area (Å²) >= 11 is 2.13. The molecule has 0 radical (unpaired) electrons. The quantitative estimate of drug-likeness (QED) is 0.422. The SMILES string of the molecule is [CH2-]C(C)CSC1CCCC1.[Li+]. The Morgan fingerprint density at radius 2 is 2.00 bits per heavy atom. The molecule has 0 bridgehead atoms. The standard InChI is InChI=1S/C9H17S.Li/c1-8(2)7-10-9-5-3-4-6-9;/h8-9H,1,3-7H2,2H3;/q-1;+1. The average molecular weight is 164 g/mol. The van der Waals surface area contributed by atoms with Crippen LogP contribution in [0.25, 0.3) is 0 Å². The first kappa shape index (κ1) is 11.9. The van der Waals surface area contributed by atoms with E-state index < -0.39 is 0 Å². The monoisotopic (exact) mass is 164 g/mol. The molecule has 0 saturated heterocycles. The second kappa shape index (κ2) is 6.46. The number of hydrogen-bond acceptors (Lipinski definition) is 1. The van der Waals surface area contributed by atoms with Crippen LogP contribution in [0.15, 0.2) is 0 Å². The zero-order valence-electron chi connectivity index (χ0n) is 7.81. The molecule has 2 heteroatoms. The number of hydrogen-bond donors (Lipinski definition) is 0. The van der Waals surface area contributed by atoms with Crippen molar-refractivity contribution in [2.75, 3.05) is 5.75 Å². The van der Waals surface area contributed by atoms with Gasteiger partial charge in [0.25, 0.3) is 0 Å². The van der Waals surface area contributed by atoms with Crippen molar-refractivity contribution >= 4 is 11.8 Å². The van der Waals surface area contributed by atoms with Crippen LogP contribution >= 0.6 is 11.8 Å². The molecule has 1 aliphatic rings. The van der Waals surface area contributed by atoms with E-state index in [1.54, 1.807) is 0 Å². The summed E-state index contributed by atoms with van der Waals surface area (Å²) in [6.45, 7) is 6.17. The van der Waals surface area contributed by atoms with Crippen LogP contribution in [0, 0.1) is 12.8 Å². The van der Waals surface area contributed by atoms with E-state index in [0.717, 1.165) is 5.25 Å². The molecule has 0 aromatic rings. The Kier molecular flexibility index (Phi) is 7.02. The third-order valence-corrected chi connectivity index (χ3v) is 3.62. The van der Waals surface area contributed by atoms with E-state index in [1.807, 2.05) is 0 Å². The molecule has 11 heavy (non-hydrogen) atoms. The summed E-state index contributed by atoms with van der Waals surface area (Å²) in [5.41, 5.74) is 0. The molecule has 1 saturated carbocycles. The molecule has 0 amide bonds. The molecule has 1 rings (SSSR count). The zero-order chi connectivity index (χ0) is 7.40. The van der Waals surface area contributed by atoms with Gasteiger partial charge >= 0.3 is 18.9 Å². The van der Waals surface area contributed by atoms with Gasteiger partial charge < -0.3 is 6.92 Å². The first-order valence-electron chi connectivity index (χ1n) is 4.23. The van der Waals surface area contributed by atoms with Crippen molar-refractivity contribution in [3.05, 3.63) is 6.92 Å². The van der Waals surface area contributed by atoms with Gasteiger partial charge in [0, 0.05) is 5.25 Å². The predicted octanol–water partition coefficient (Wildman–Crippen LogP) is 0.136. The van der Waals surface area contributed by atoms with Gasteiger partial charge in [0.1, 0.15) is 0 Å². The van der Waals surface area contributed by atoms with Gasteiger partial charge in [-0.15, -0.1) is 0 Å². The van der Waals surface area contributed by atoms with Crippen LogP contribution in [0.1, 0.15) is 32.6 Å². The van der Waals surface area contributed by atoms with Crippen LogP contribution in [0.2, 0.25) is 0 Å². The molecule has 0 aromatic carbocycles. The summed E-state index contributed by atoms with van der Waals surface area (Å²) in [5, 5.41) is 0.976. The Morgan fingerprint density at radius 3 is 2.45 bits per heavy atom. The molecule has 0 aromatic heterocycles. The van der Waals surface area contributed by atoms with Crippen molar-refractivity contribution in [2.24, 2.45) is 5.92 Å². The third kappa shape index (κ3) is 5.23. The maximum atomic E-state index is 3.98. The van der Waals surface area contributed by atoms with Crippen molar-refractivity contribution in [3.63, 3.8) is 0 Å². The molecular weight excluding hydrogens is 147 g/mol. The van der Waals surface area contributed by atoms with Crippen LogP contribution in [0.4, 0.5) is 0 Å². The van der Waals surface area contributed by atoms with E-state index in [-0.39, 0.29) is 18.9 Å². The third-order valence-electron chi connectivity index (χ3n) is 1.92. The smallest absolute Gasteiger partial charge is 0.340 e. The summed E-state index contributed by atoms with van der Waals surface area (Å²) in [5.74, 6) is 1.88.